The zero-order valence-electron chi connectivity index (χ0n) is 15.4. The Hall–Kier alpha value is -1.55. The summed E-state index contributed by atoms with van der Waals surface area (Å²) in [4.78, 5) is 11.5. The lowest BCUT2D eigenvalue weighted by Gasteiger charge is -2.27. The average Bonchev–Trinajstić information content (AvgIpc) is 2.62. The maximum atomic E-state index is 11.5. The Morgan fingerprint density at radius 2 is 2.20 bits per heavy atom. The fourth-order valence-electron chi connectivity index (χ4n) is 3.88. The minimum atomic E-state index is -0.284. The molecule has 1 saturated heterocycles. The van der Waals surface area contributed by atoms with E-state index in [2.05, 4.69) is 30.4 Å². The van der Waals surface area contributed by atoms with Crippen LogP contribution in [0.5, 0.6) is 0 Å². The Morgan fingerprint density at radius 1 is 1.28 bits per heavy atom. The molecule has 0 aromatic heterocycles. The van der Waals surface area contributed by atoms with Crippen molar-refractivity contribution in [3.05, 3.63) is 34.9 Å². The quantitative estimate of drug-likeness (QED) is 0.786. The highest BCUT2D eigenvalue weighted by Gasteiger charge is 2.22. The standard InChI is InChI=1S/C21H31NO3/c1-2-3-10-24-15-16-6-7-18-13-19(9-8-17(18)12-16)20-5-4-11-25-21(23)22-14-20/h8-9,13,16,20H,2-7,10-12,14-15H2,1H3,(H,22,23)/t16?,20-/m0/s1. The Morgan fingerprint density at radius 3 is 3.08 bits per heavy atom. The molecule has 1 N–H and O–H groups in total. The van der Waals surface area contributed by atoms with Crippen molar-refractivity contribution in [1.82, 2.24) is 5.32 Å². The minimum absolute atomic E-state index is 0.284. The van der Waals surface area contributed by atoms with Crippen molar-refractivity contribution in [2.75, 3.05) is 26.4 Å². The van der Waals surface area contributed by atoms with Crippen molar-refractivity contribution in [1.29, 1.82) is 0 Å². The van der Waals surface area contributed by atoms with Crippen molar-refractivity contribution in [3.63, 3.8) is 0 Å². The van der Waals surface area contributed by atoms with E-state index in [1.807, 2.05) is 0 Å². The first kappa shape index (κ1) is 18.2. The van der Waals surface area contributed by atoms with Crippen molar-refractivity contribution >= 4 is 6.09 Å². The third kappa shape index (κ3) is 5.21. The molecule has 1 aliphatic heterocycles. The van der Waals surface area contributed by atoms with E-state index in [0.717, 1.165) is 45.3 Å². The molecule has 2 atom stereocenters. The summed E-state index contributed by atoms with van der Waals surface area (Å²) in [5, 5.41) is 2.88. The highest BCUT2D eigenvalue weighted by molar-refractivity contribution is 5.67. The fraction of sp³-hybridized carbons (Fsp3) is 0.667. The largest absolute Gasteiger partial charge is 0.450 e. The smallest absolute Gasteiger partial charge is 0.407 e. The van der Waals surface area contributed by atoms with Crippen LogP contribution in [0.4, 0.5) is 4.79 Å². The van der Waals surface area contributed by atoms with Crippen LogP contribution in [0.2, 0.25) is 0 Å². The summed E-state index contributed by atoms with van der Waals surface area (Å²) in [7, 11) is 0. The summed E-state index contributed by atoms with van der Waals surface area (Å²) < 4.78 is 10.9. The van der Waals surface area contributed by atoms with E-state index in [1.165, 1.54) is 29.5 Å². The third-order valence-electron chi connectivity index (χ3n) is 5.45. The number of ether oxygens (including phenoxy) is 2. The van der Waals surface area contributed by atoms with Crippen molar-refractivity contribution in [2.24, 2.45) is 5.92 Å². The number of amides is 1. The number of hydrogen-bond acceptors (Lipinski definition) is 3. The third-order valence-corrected chi connectivity index (χ3v) is 5.45. The number of aryl methyl sites for hydroxylation is 1. The molecule has 1 aromatic carbocycles. The molecular weight excluding hydrogens is 314 g/mol. The zero-order chi connectivity index (χ0) is 17.5. The molecule has 2 aliphatic rings. The maximum absolute atomic E-state index is 11.5. The number of hydrogen-bond donors (Lipinski definition) is 1. The summed E-state index contributed by atoms with van der Waals surface area (Å²) in [5.41, 5.74) is 4.34. The van der Waals surface area contributed by atoms with Crippen LogP contribution < -0.4 is 5.32 Å². The van der Waals surface area contributed by atoms with Gasteiger partial charge in [-0.05, 0) is 61.1 Å². The lowest BCUT2D eigenvalue weighted by molar-refractivity contribution is 0.0921. The number of cyclic esters (lactones) is 1. The number of carbonyl (C=O) groups excluding carboxylic acids is 1. The van der Waals surface area contributed by atoms with Crippen LogP contribution >= 0.6 is 0 Å². The summed E-state index contributed by atoms with van der Waals surface area (Å²) >= 11 is 0. The second-order valence-electron chi connectivity index (χ2n) is 7.42. The Kier molecular flexibility index (Phi) is 6.74. The van der Waals surface area contributed by atoms with Gasteiger partial charge in [0.05, 0.1) is 6.61 Å². The molecule has 1 unspecified atom stereocenters. The lowest BCUT2D eigenvalue weighted by Crippen LogP contribution is -2.31. The highest BCUT2D eigenvalue weighted by atomic mass is 16.5. The van der Waals surface area contributed by atoms with E-state index in [0.29, 0.717) is 25.0 Å². The molecule has 1 heterocycles. The van der Waals surface area contributed by atoms with Crippen molar-refractivity contribution in [2.45, 2.75) is 57.8 Å². The van der Waals surface area contributed by atoms with Crippen LogP contribution in [0, 0.1) is 5.92 Å². The summed E-state index contributed by atoms with van der Waals surface area (Å²) in [6, 6.07) is 6.95. The predicted octanol–water partition coefficient (Wildman–Crippen LogP) is 4.21. The van der Waals surface area contributed by atoms with Crippen LogP contribution in [-0.2, 0) is 22.3 Å². The van der Waals surface area contributed by atoms with Gasteiger partial charge in [-0.1, -0.05) is 31.5 Å². The van der Waals surface area contributed by atoms with Gasteiger partial charge in [-0.2, -0.15) is 0 Å². The van der Waals surface area contributed by atoms with Crippen molar-refractivity contribution in [3.8, 4) is 0 Å². The van der Waals surface area contributed by atoms with E-state index in [-0.39, 0.29) is 6.09 Å². The van der Waals surface area contributed by atoms with Crippen LogP contribution in [-0.4, -0.2) is 32.5 Å². The zero-order valence-corrected chi connectivity index (χ0v) is 15.4. The molecule has 3 rings (SSSR count). The number of rotatable bonds is 6. The molecule has 1 aliphatic carbocycles. The Labute approximate surface area is 151 Å². The van der Waals surface area contributed by atoms with Gasteiger partial charge < -0.3 is 14.8 Å². The number of nitrogens with one attached hydrogen (secondary N) is 1. The molecule has 0 radical (unpaired) electrons. The molecule has 25 heavy (non-hydrogen) atoms. The van der Waals surface area contributed by atoms with Gasteiger partial charge >= 0.3 is 6.09 Å². The number of fused-ring (bicyclic) bond motifs is 1. The first-order chi connectivity index (χ1) is 12.3. The maximum Gasteiger partial charge on any atom is 0.407 e. The second-order valence-corrected chi connectivity index (χ2v) is 7.42. The van der Waals surface area contributed by atoms with Gasteiger partial charge in [0, 0.05) is 25.7 Å². The summed E-state index contributed by atoms with van der Waals surface area (Å²) in [6.07, 6.45) is 7.58. The molecule has 1 fully saturated rings. The summed E-state index contributed by atoms with van der Waals surface area (Å²) in [5.74, 6) is 1.06. The Bertz CT molecular complexity index is 572. The minimum Gasteiger partial charge on any atom is -0.450 e. The topological polar surface area (TPSA) is 47.6 Å². The monoisotopic (exact) mass is 345 g/mol. The first-order valence-electron chi connectivity index (χ1n) is 9.86. The normalized spacial score (nSPS) is 23.8. The number of alkyl carbamates (subject to hydrolysis) is 1. The van der Waals surface area contributed by atoms with E-state index >= 15 is 0 Å². The Balaban J connectivity index is 1.58. The SMILES string of the molecule is CCCCOCC1CCc2cc([C@H]3CCCOC(=O)NC3)ccc2C1. The van der Waals surface area contributed by atoms with Crippen LogP contribution in [0.25, 0.3) is 0 Å². The fourth-order valence-corrected chi connectivity index (χ4v) is 3.88. The molecule has 1 amide bonds. The number of unbranched alkanes of at least 4 members (excludes halogenated alkanes) is 1. The lowest BCUT2D eigenvalue weighted by atomic mass is 9.81. The van der Waals surface area contributed by atoms with Crippen molar-refractivity contribution < 1.29 is 14.3 Å². The van der Waals surface area contributed by atoms with Gasteiger partial charge in [0.25, 0.3) is 0 Å². The van der Waals surface area contributed by atoms with Crippen LogP contribution in [0.1, 0.15) is 61.6 Å². The van der Waals surface area contributed by atoms with Gasteiger partial charge in [0.1, 0.15) is 0 Å². The second kappa shape index (κ2) is 9.23. The average molecular weight is 345 g/mol. The number of benzene rings is 1. The molecule has 138 valence electrons. The predicted molar refractivity (Wildman–Crippen MR) is 99.0 cm³/mol. The van der Waals surface area contributed by atoms with Gasteiger partial charge in [-0.15, -0.1) is 0 Å². The molecule has 4 nitrogen and oxygen atoms in total. The van der Waals surface area contributed by atoms with Gasteiger partial charge in [-0.3, -0.25) is 0 Å². The molecular formula is C21H31NO3. The first-order valence-corrected chi connectivity index (χ1v) is 9.86. The number of carbonyl (C=O) groups is 1. The van der Waals surface area contributed by atoms with Crippen LogP contribution in [0.15, 0.2) is 18.2 Å². The van der Waals surface area contributed by atoms with E-state index in [1.54, 1.807) is 0 Å². The van der Waals surface area contributed by atoms with E-state index in [9.17, 15) is 4.79 Å². The van der Waals surface area contributed by atoms with E-state index < -0.39 is 0 Å². The molecule has 4 heteroatoms. The molecule has 0 bridgehead atoms. The van der Waals surface area contributed by atoms with Gasteiger partial charge in [-0.25, -0.2) is 4.79 Å². The van der Waals surface area contributed by atoms with Crippen LogP contribution in [0.3, 0.4) is 0 Å². The van der Waals surface area contributed by atoms with Gasteiger partial charge in [0.15, 0.2) is 0 Å². The van der Waals surface area contributed by atoms with E-state index in [4.69, 9.17) is 9.47 Å². The van der Waals surface area contributed by atoms with Gasteiger partial charge in [0.2, 0.25) is 0 Å². The molecule has 1 aromatic rings. The highest BCUT2D eigenvalue weighted by Crippen LogP contribution is 2.30. The molecule has 0 spiro atoms. The molecule has 0 saturated carbocycles. The summed E-state index contributed by atoms with van der Waals surface area (Å²) in [6.45, 7) is 5.19.